The number of nitrogens with two attached hydrogens (primary N) is 2. The predicted octanol–water partition coefficient (Wildman–Crippen LogP) is -4.77. The lowest BCUT2D eigenvalue weighted by Gasteiger charge is -2.43. The fraction of sp³-hybridized carbons (Fsp3) is 0.581. The lowest BCUT2D eigenvalue weighted by molar-refractivity contribution is -0.167. The number of H-pyrrole nitrogens is 1. The van der Waals surface area contributed by atoms with Gasteiger partial charge >= 0.3 is 6.09 Å². The van der Waals surface area contributed by atoms with Crippen molar-refractivity contribution in [3.8, 4) is 5.75 Å². The molecule has 20 N–H and O–H groups in total. The summed E-state index contributed by atoms with van der Waals surface area (Å²) >= 11 is 4.26. The second kappa shape index (κ2) is 59.2. The summed E-state index contributed by atoms with van der Waals surface area (Å²) in [6.45, 7) is 4.18. The van der Waals surface area contributed by atoms with Crippen LogP contribution in [0.15, 0.2) is 65.7 Å². The minimum atomic E-state index is -3.41. The highest BCUT2D eigenvalue weighted by Gasteiger charge is 2.63. The lowest BCUT2D eigenvalue weighted by Crippen LogP contribution is -2.73. The van der Waals surface area contributed by atoms with E-state index < -0.39 is 273 Å². The number of carbonyl (C=O) groups excluding carboxylic acids is 17. The SMILES string of the molecule is CC[C@H](C)[C@@H]1NC(=O)CNC(=O)[C@H]2Cc3c4[nH]c5cc(ccc35)OC(C(=O)N(C)CCN(CCOCCOCCOCCNC(=O)c3ccc5nc(CBr)c(CBr)nc5c3)C(=O)OCc3ccc(NC(=O)[C@H](CC(N)=O)NC(=O)[C@H](C)NC(=O)[C@H](C)NC(=O)CCOCCOCCOCCOCCOC)cc3)(C(=O)N[C@@H]([C@@H](C)[C@@H](O)CO)C(=O)N2)[C@@H]2C[C@@H](O)CN2C(=O)[C@H](CC(N)=O)NC(=O)[C@H](C[S+]4[O-])NC(=O)CNC1=O. The number of amides is 17. The van der Waals surface area contributed by atoms with Crippen LogP contribution in [0.2, 0.25) is 0 Å². The molecular formula is C93H130Br2N20O31S. The van der Waals surface area contributed by atoms with Crippen LogP contribution in [0.4, 0.5) is 10.5 Å². The van der Waals surface area contributed by atoms with Gasteiger partial charge in [-0.1, -0.05) is 71.2 Å². The molecule has 54 heteroatoms. The van der Waals surface area contributed by atoms with Crippen molar-refractivity contribution in [1.29, 1.82) is 0 Å². The topological polar surface area (TPSA) is 714 Å². The molecule has 5 aliphatic heterocycles. The number of fused-ring (bicyclic) bond motifs is 9. The van der Waals surface area contributed by atoms with Crippen molar-refractivity contribution in [2.75, 3.05) is 177 Å². The summed E-state index contributed by atoms with van der Waals surface area (Å²) in [5, 5.41) is 65.0. The van der Waals surface area contributed by atoms with Gasteiger partial charge in [0.05, 0.1) is 178 Å². The maximum atomic E-state index is 16.8. The highest BCUT2D eigenvalue weighted by atomic mass is 79.9. The molecule has 7 heterocycles. The van der Waals surface area contributed by atoms with Crippen molar-refractivity contribution < 1.29 is 149 Å². The number of aliphatic hydroxyl groups is 3. The van der Waals surface area contributed by atoms with Gasteiger partial charge in [0.2, 0.25) is 81.8 Å². The Kier molecular flexibility index (Phi) is 47.7. The van der Waals surface area contributed by atoms with Gasteiger partial charge in [0.15, 0.2) is 6.04 Å². The largest absolute Gasteiger partial charge is 0.610 e. The van der Waals surface area contributed by atoms with Crippen LogP contribution in [0, 0.1) is 11.8 Å². The van der Waals surface area contributed by atoms with E-state index in [0.717, 1.165) is 33.1 Å². The summed E-state index contributed by atoms with van der Waals surface area (Å²) in [7, 11) is 2.71. The van der Waals surface area contributed by atoms with Crippen LogP contribution in [-0.4, -0.2) is 394 Å². The van der Waals surface area contributed by atoms with E-state index in [1.54, 1.807) is 39.2 Å². The van der Waals surface area contributed by atoms with Crippen molar-refractivity contribution in [2.24, 2.45) is 23.3 Å². The molecule has 0 radical (unpaired) electrons. The van der Waals surface area contributed by atoms with Gasteiger partial charge in [-0.25, -0.2) is 14.8 Å². The minimum absolute atomic E-state index is 0.00121. The van der Waals surface area contributed by atoms with Gasteiger partial charge in [-0.2, -0.15) is 0 Å². The highest BCUT2D eigenvalue weighted by molar-refractivity contribution is 9.09. The molecule has 2 aromatic heterocycles. The Labute approximate surface area is 865 Å². The molecule has 0 saturated carbocycles. The zero-order valence-corrected chi connectivity index (χ0v) is 86.4. The number of benzene rings is 3. The average molecular weight is 2220 g/mol. The van der Waals surface area contributed by atoms with Crippen LogP contribution in [0.5, 0.6) is 5.75 Å². The van der Waals surface area contributed by atoms with E-state index in [4.69, 9.17) is 58.8 Å². The van der Waals surface area contributed by atoms with Crippen molar-refractivity contribution in [2.45, 2.75) is 168 Å². The monoisotopic (exact) mass is 2210 g/mol. The van der Waals surface area contributed by atoms with E-state index in [-0.39, 0.29) is 124 Å². The molecule has 1 fully saturated rings. The summed E-state index contributed by atoms with van der Waals surface area (Å²) in [4.78, 5) is 259. The maximum Gasteiger partial charge on any atom is 0.410 e. The van der Waals surface area contributed by atoms with Crippen LogP contribution in [0.3, 0.4) is 0 Å². The molecule has 51 nitrogen and oxygen atoms in total. The number of hydrogen-bond acceptors (Lipinski definition) is 33. The number of likely N-dealkylation sites (N-methyl/N-ethyl adjacent to an activating group) is 1. The first-order valence-electron chi connectivity index (χ1n) is 47.6. The molecule has 0 aliphatic carbocycles. The van der Waals surface area contributed by atoms with E-state index in [1.165, 1.54) is 63.2 Å². The zero-order valence-electron chi connectivity index (χ0n) is 82.4. The van der Waals surface area contributed by atoms with Gasteiger partial charge in [-0.3, -0.25) is 76.7 Å². The van der Waals surface area contributed by atoms with E-state index in [9.17, 15) is 72.9 Å². The highest BCUT2D eigenvalue weighted by Crippen LogP contribution is 2.39. The second-order valence-electron chi connectivity index (χ2n) is 35.0. The number of aromatic amines is 1. The third-order valence-electron chi connectivity index (χ3n) is 24.2. The van der Waals surface area contributed by atoms with Crippen LogP contribution in [-0.2, 0) is 149 Å². The number of halogens is 2. The van der Waals surface area contributed by atoms with Crippen molar-refractivity contribution in [1.82, 2.24) is 88.1 Å². The molecule has 147 heavy (non-hydrogen) atoms. The van der Waals surface area contributed by atoms with E-state index in [1.807, 2.05) is 0 Å². The fourth-order valence-electron chi connectivity index (χ4n) is 15.8. The van der Waals surface area contributed by atoms with E-state index >= 15 is 28.5 Å². The average Bonchev–Trinajstić information content (AvgIpc) is 1.64. The summed E-state index contributed by atoms with van der Waals surface area (Å²) < 4.78 is 72.2. The number of nitrogens with one attached hydrogen (secondary N) is 13. The molecule has 8 bridgehead atoms. The summed E-state index contributed by atoms with van der Waals surface area (Å²) in [5.74, 6) is -20.6. The maximum absolute atomic E-state index is 16.8. The molecule has 2 unspecified atom stereocenters. The standard InChI is InChI=1S/C93H130Br2N20O31S/c1-8-51(2)78-86(130)100-45-76(122)106-70-50-147(136)88-61-40-65(83(127)99-46-77(123)111-78)108-87(131)79(52(3)71(118)48-116)112-90(133)93(146-59-14-15-60(61)63(39-59)110-88,72-38-58(117)47-115(72)89(132)67(42-74(97)120)109-85(70)129)91(134)113(6)19-20-114(21-24-140-29-32-143-31-28-139-23-18-98-82(126)56-11-16-62-64(37-56)105-69(44-95)68(43-94)104-62)92(135)145-49-55-9-12-57(13-10-55)103-84(128)66(41-73(96)119)107-81(125)54(5)102-80(124)53(4)101-75(121)17-22-138-27-30-142-35-36-144-34-33-141-26-25-137-7/h9-16,37,39,51-54,58,65-67,70-72,78-79,110,116-118H,8,17-36,38,40-50H2,1-7H3,(H2,96,119)(H2,97,120)(H,98,126)(H,99,127)(H,100,130)(H,101,121)(H,102,124)(H,103,128)(H,106,122)(H,107,125)(H,108,131)(H,109,129)(H,111,123)(H,112,133)/t51-,52-,53-,54-,58+,65+,66-,67-,70-,71-,72-,78-,79-,93?,147?/m0/s1. The quantitative estimate of drug-likeness (QED) is 0.00752. The number of nitrogens with zero attached hydrogens (tertiary/aromatic N) is 5. The van der Waals surface area contributed by atoms with Crippen molar-refractivity contribution in [3.63, 3.8) is 0 Å². The Morgan fingerprint density at radius 3 is 1.89 bits per heavy atom. The third-order valence-corrected chi connectivity index (χ3v) is 26.7. The number of anilines is 1. The molecule has 17 amide bonds. The molecule has 1 saturated heterocycles. The number of ether oxygens (including phenoxy) is 10. The van der Waals surface area contributed by atoms with E-state index in [0.29, 0.717) is 66.9 Å². The minimum Gasteiger partial charge on any atom is -0.610 e. The Hall–Kier alpha value is -12.0. The number of rotatable bonds is 52. The lowest BCUT2D eigenvalue weighted by atomic mass is 9.86. The van der Waals surface area contributed by atoms with Crippen LogP contribution in [0.25, 0.3) is 21.9 Å². The van der Waals surface area contributed by atoms with Crippen LogP contribution in [0.1, 0.15) is 99.6 Å². The molecule has 5 aromatic rings. The molecule has 10 rings (SSSR count). The van der Waals surface area contributed by atoms with Crippen LogP contribution < -0.4 is 80.0 Å². The number of aliphatic hydroxyl groups excluding tert-OH is 3. The first-order chi connectivity index (χ1) is 70.3. The number of methoxy groups -OCH3 is 1. The zero-order chi connectivity index (χ0) is 107. The first kappa shape index (κ1) is 119. The van der Waals surface area contributed by atoms with Gasteiger partial charge in [0, 0.05) is 122 Å². The Morgan fingerprint density at radius 2 is 1.27 bits per heavy atom. The van der Waals surface area contributed by atoms with Gasteiger partial charge in [0.1, 0.15) is 60.4 Å². The Morgan fingerprint density at radius 1 is 0.660 bits per heavy atom. The molecule has 0 spiro atoms. The molecular weight excluding hydrogens is 2090 g/mol. The van der Waals surface area contributed by atoms with Gasteiger partial charge in [-0.15, -0.1) is 0 Å². The number of primary amides is 2. The summed E-state index contributed by atoms with van der Waals surface area (Å²) in [5.41, 5.74) is 11.2. The second-order valence-corrected chi connectivity index (χ2v) is 37.6. The molecule has 5 aliphatic rings. The van der Waals surface area contributed by atoms with Gasteiger partial charge in [-0.05, 0) is 67.8 Å². The number of hydrogen-bond donors (Lipinski definition) is 18. The third kappa shape index (κ3) is 35.1. The molecule has 3 aromatic carbocycles. The first-order valence-corrected chi connectivity index (χ1v) is 51.2. The number of alkyl halides is 2. The smallest absolute Gasteiger partial charge is 0.410 e. The van der Waals surface area contributed by atoms with E-state index in [2.05, 4.69) is 111 Å². The Bertz CT molecular complexity index is 5410. The summed E-state index contributed by atoms with van der Waals surface area (Å²) in [6, 6.07) is -1.50. The van der Waals surface area contributed by atoms with Crippen LogP contribution >= 0.6 is 31.9 Å². The summed E-state index contributed by atoms with van der Waals surface area (Å²) in [6.07, 6.45) is -7.91. The van der Waals surface area contributed by atoms with Gasteiger partial charge < -0.3 is 162 Å². The number of aromatic nitrogens is 3. The Balaban J connectivity index is 0.962. The molecule has 808 valence electrons. The predicted molar refractivity (Wildman–Crippen MR) is 529 cm³/mol. The van der Waals surface area contributed by atoms with Crippen molar-refractivity contribution in [3.05, 3.63) is 88.7 Å². The van der Waals surface area contributed by atoms with Gasteiger partial charge in [0.25, 0.3) is 23.3 Å². The van der Waals surface area contributed by atoms with Crippen molar-refractivity contribution >= 4 is 171 Å². The fourth-order valence-corrected chi connectivity index (χ4v) is 18.1. The number of carbonyl (C=O) groups is 17. The molecule has 15 atom stereocenters. The normalized spacial score (nSPS) is 20.7.